The van der Waals surface area contributed by atoms with Gasteiger partial charge in [-0.3, -0.25) is 0 Å². The molecule has 1 aliphatic heterocycles. The number of hydrogen-bond donors (Lipinski definition) is 2. The highest BCUT2D eigenvalue weighted by atomic mass is 16.5. The van der Waals surface area contributed by atoms with Gasteiger partial charge in [-0.25, -0.2) is 9.78 Å². The van der Waals surface area contributed by atoms with Gasteiger partial charge in [0.05, 0.1) is 24.0 Å². The van der Waals surface area contributed by atoms with Crippen LogP contribution in [0, 0.1) is 11.8 Å². The zero-order chi connectivity index (χ0) is 15.0. The Morgan fingerprint density at radius 1 is 1.52 bits per heavy atom. The molecule has 0 aromatic carbocycles. The topological polar surface area (TPSA) is 88.7 Å². The van der Waals surface area contributed by atoms with Crippen LogP contribution in [0.15, 0.2) is 12.3 Å². The minimum Gasteiger partial charge on any atom is -0.462 e. The molecule has 0 spiro atoms. The van der Waals surface area contributed by atoms with Gasteiger partial charge in [0.1, 0.15) is 0 Å². The van der Waals surface area contributed by atoms with Gasteiger partial charge in [0, 0.05) is 25.2 Å². The van der Waals surface area contributed by atoms with Crippen LogP contribution in [0.3, 0.4) is 0 Å². The summed E-state index contributed by atoms with van der Waals surface area (Å²) in [7, 11) is 0. The SMILES string of the molecule is CCOC(=O)c1ccnc(N2CC3CCC(O)C3C2)c1N. The highest BCUT2D eigenvalue weighted by molar-refractivity contribution is 5.97. The van der Waals surface area contributed by atoms with Crippen LogP contribution in [0.25, 0.3) is 0 Å². The number of pyridine rings is 1. The minimum absolute atomic E-state index is 0.227. The fraction of sp³-hybridized carbons (Fsp3) is 0.600. The molecule has 3 unspecified atom stereocenters. The van der Waals surface area contributed by atoms with Crippen LogP contribution in [0.4, 0.5) is 11.5 Å². The van der Waals surface area contributed by atoms with Crippen LogP contribution >= 0.6 is 0 Å². The number of aliphatic hydroxyl groups is 1. The summed E-state index contributed by atoms with van der Waals surface area (Å²) in [5, 5.41) is 9.99. The number of aromatic nitrogens is 1. The Hall–Kier alpha value is -1.82. The number of nitrogens with two attached hydrogens (primary N) is 1. The number of nitrogen functional groups attached to an aromatic ring is 1. The minimum atomic E-state index is -0.418. The van der Waals surface area contributed by atoms with Crippen LogP contribution in [0.2, 0.25) is 0 Å². The van der Waals surface area contributed by atoms with Crippen LogP contribution in [0.1, 0.15) is 30.1 Å². The molecule has 3 atom stereocenters. The second-order valence-corrected chi connectivity index (χ2v) is 5.79. The Morgan fingerprint density at radius 2 is 2.33 bits per heavy atom. The van der Waals surface area contributed by atoms with Gasteiger partial charge < -0.3 is 20.5 Å². The first-order chi connectivity index (χ1) is 10.1. The number of anilines is 2. The molecule has 1 saturated heterocycles. The Morgan fingerprint density at radius 3 is 3.05 bits per heavy atom. The number of carbonyl (C=O) groups excluding carboxylic acids is 1. The van der Waals surface area contributed by atoms with Crippen LogP contribution in [-0.4, -0.2) is 41.9 Å². The molecular weight excluding hydrogens is 270 g/mol. The summed E-state index contributed by atoms with van der Waals surface area (Å²) < 4.78 is 5.01. The van der Waals surface area contributed by atoms with E-state index < -0.39 is 5.97 Å². The number of hydrogen-bond acceptors (Lipinski definition) is 6. The zero-order valence-corrected chi connectivity index (χ0v) is 12.2. The Labute approximate surface area is 123 Å². The molecule has 0 radical (unpaired) electrons. The monoisotopic (exact) mass is 291 g/mol. The van der Waals surface area contributed by atoms with Crippen molar-refractivity contribution >= 4 is 17.5 Å². The van der Waals surface area contributed by atoms with E-state index in [9.17, 15) is 9.90 Å². The summed E-state index contributed by atoms with van der Waals surface area (Å²) in [6.07, 6.45) is 3.28. The first kappa shape index (κ1) is 14.1. The maximum Gasteiger partial charge on any atom is 0.340 e. The number of carbonyl (C=O) groups is 1. The molecule has 2 aliphatic rings. The summed E-state index contributed by atoms with van der Waals surface area (Å²) in [4.78, 5) is 18.3. The number of ether oxygens (including phenoxy) is 1. The molecule has 6 nitrogen and oxygen atoms in total. The van der Waals surface area contributed by atoms with Crippen molar-refractivity contribution in [1.29, 1.82) is 0 Å². The molecule has 1 aromatic heterocycles. The van der Waals surface area contributed by atoms with Crippen LogP contribution in [0.5, 0.6) is 0 Å². The van der Waals surface area contributed by atoms with E-state index in [0.29, 0.717) is 29.6 Å². The van der Waals surface area contributed by atoms with Crippen molar-refractivity contribution in [3.05, 3.63) is 17.8 Å². The number of esters is 1. The molecule has 2 heterocycles. The maximum atomic E-state index is 11.9. The summed E-state index contributed by atoms with van der Waals surface area (Å²) in [6, 6.07) is 1.59. The Kier molecular flexibility index (Phi) is 3.71. The normalized spacial score (nSPS) is 27.7. The molecule has 114 valence electrons. The van der Waals surface area contributed by atoms with E-state index in [1.165, 1.54) is 0 Å². The fourth-order valence-corrected chi connectivity index (χ4v) is 3.51. The molecular formula is C15H21N3O3. The van der Waals surface area contributed by atoms with Gasteiger partial charge in [-0.1, -0.05) is 0 Å². The second-order valence-electron chi connectivity index (χ2n) is 5.79. The third-order valence-corrected chi connectivity index (χ3v) is 4.58. The van der Waals surface area contributed by atoms with Crippen molar-refractivity contribution in [3.63, 3.8) is 0 Å². The quantitative estimate of drug-likeness (QED) is 0.809. The lowest BCUT2D eigenvalue weighted by molar-refractivity contribution is 0.0527. The smallest absolute Gasteiger partial charge is 0.340 e. The van der Waals surface area contributed by atoms with Gasteiger partial charge in [-0.05, 0) is 31.7 Å². The van der Waals surface area contributed by atoms with E-state index >= 15 is 0 Å². The Bertz CT molecular complexity index is 549. The van der Waals surface area contributed by atoms with Crippen molar-refractivity contribution in [2.75, 3.05) is 30.3 Å². The molecule has 0 bridgehead atoms. The van der Waals surface area contributed by atoms with E-state index in [4.69, 9.17) is 10.5 Å². The first-order valence-electron chi connectivity index (χ1n) is 7.46. The third kappa shape index (κ3) is 2.44. The Balaban J connectivity index is 1.83. The molecule has 0 amide bonds. The molecule has 1 saturated carbocycles. The molecule has 3 rings (SSSR count). The van der Waals surface area contributed by atoms with E-state index in [0.717, 1.165) is 25.9 Å². The van der Waals surface area contributed by atoms with Crippen LogP contribution in [-0.2, 0) is 4.74 Å². The maximum absolute atomic E-state index is 11.9. The highest BCUT2D eigenvalue weighted by Crippen LogP contribution is 2.40. The number of rotatable bonds is 3. The number of aliphatic hydroxyl groups excluding tert-OH is 1. The molecule has 2 fully saturated rings. The van der Waals surface area contributed by atoms with Gasteiger partial charge in [0.25, 0.3) is 0 Å². The molecule has 6 heteroatoms. The fourth-order valence-electron chi connectivity index (χ4n) is 3.51. The van der Waals surface area contributed by atoms with Crippen molar-refractivity contribution in [2.45, 2.75) is 25.9 Å². The van der Waals surface area contributed by atoms with E-state index in [-0.39, 0.29) is 12.0 Å². The lowest BCUT2D eigenvalue weighted by Gasteiger charge is -2.21. The molecule has 3 N–H and O–H groups in total. The predicted molar refractivity (Wildman–Crippen MR) is 79.0 cm³/mol. The standard InChI is InChI=1S/C15H21N3O3/c1-2-21-15(20)10-5-6-17-14(13(10)16)18-7-9-3-4-12(19)11(9)8-18/h5-6,9,11-12,19H,2-4,7-8,16H2,1H3. The zero-order valence-electron chi connectivity index (χ0n) is 12.2. The lowest BCUT2D eigenvalue weighted by atomic mass is 10.00. The summed E-state index contributed by atoms with van der Waals surface area (Å²) in [5.41, 5.74) is 6.84. The third-order valence-electron chi connectivity index (χ3n) is 4.58. The number of fused-ring (bicyclic) bond motifs is 1. The van der Waals surface area contributed by atoms with Gasteiger partial charge in [0.15, 0.2) is 5.82 Å². The lowest BCUT2D eigenvalue weighted by Crippen LogP contribution is -2.26. The van der Waals surface area contributed by atoms with E-state index in [1.54, 1.807) is 19.2 Å². The average molecular weight is 291 g/mol. The molecule has 1 aliphatic carbocycles. The second kappa shape index (κ2) is 5.52. The van der Waals surface area contributed by atoms with Gasteiger partial charge in [-0.15, -0.1) is 0 Å². The van der Waals surface area contributed by atoms with Crippen molar-refractivity contribution < 1.29 is 14.6 Å². The van der Waals surface area contributed by atoms with Crippen molar-refractivity contribution in [3.8, 4) is 0 Å². The van der Waals surface area contributed by atoms with Gasteiger partial charge >= 0.3 is 5.97 Å². The van der Waals surface area contributed by atoms with Gasteiger partial charge in [-0.2, -0.15) is 0 Å². The molecule has 1 aromatic rings. The first-order valence-corrected chi connectivity index (χ1v) is 7.46. The van der Waals surface area contributed by atoms with Gasteiger partial charge in [0.2, 0.25) is 0 Å². The van der Waals surface area contributed by atoms with Crippen LogP contribution < -0.4 is 10.6 Å². The average Bonchev–Trinajstić information content (AvgIpc) is 3.02. The van der Waals surface area contributed by atoms with Crippen molar-refractivity contribution in [2.24, 2.45) is 11.8 Å². The summed E-state index contributed by atoms with van der Waals surface area (Å²) >= 11 is 0. The van der Waals surface area contributed by atoms with Crippen molar-refractivity contribution in [1.82, 2.24) is 4.98 Å². The largest absolute Gasteiger partial charge is 0.462 e. The van der Waals surface area contributed by atoms with E-state index in [1.807, 2.05) is 0 Å². The predicted octanol–water partition coefficient (Wildman–Crippen LogP) is 1.05. The highest BCUT2D eigenvalue weighted by Gasteiger charge is 2.42. The summed E-state index contributed by atoms with van der Waals surface area (Å²) in [5.74, 6) is 0.991. The molecule has 21 heavy (non-hydrogen) atoms. The van der Waals surface area contributed by atoms with E-state index in [2.05, 4.69) is 9.88 Å². The number of nitrogens with zero attached hydrogens (tertiary/aromatic N) is 2. The summed E-state index contributed by atoms with van der Waals surface area (Å²) in [6.45, 7) is 3.66.